The zero-order chi connectivity index (χ0) is 6.32. The van der Waals surface area contributed by atoms with Crippen LogP contribution in [0.3, 0.4) is 0 Å². The normalized spacial score (nSPS) is 29.1. The van der Waals surface area contributed by atoms with Crippen LogP contribution in [0.5, 0.6) is 0 Å². The number of nitrogens with zero attached hydrogens (tertiary/aromatic N) is 2. The number of carbonyl (C=O) groups excluding carboxylic acids is 1. The Morgan fingerprint density at radius 1 is 1.33 bits per heavy atom. The van der Waals surface area contributed by atoms with Crippen molar-refractivity contribution in [3.63, 3.8) is 0 Å². The molecule has 0 N–H and O–H groups in total. The molecule has 0 atom stereocenters. The molecule has 0 unspecified atom stereocenters. The van der Waals surface area contributed by atoms with Gasteiger partial charge in [-0.3, -0.25) is 8.37 Å². The highest BCUT2D eigenvalue weighted by Gasteiger charge is 2.39. The van der Waals surface area contributed by atoms with Crippen LogP contribution in [0.4, 0.5) is 4.79 Å². The molecular formula is C3H2N2O3S. The SMILES string of the molecule is O=C1OS2(C=NN=C2)O1. The Labute approximate surface area is 52.1 Å². The molecule has 5 nitrogen and oxygen atoms in total. The minimum Gasteiger partial charge on any atom is -0.298 e. The van der Waals surface area contributed by atoms with E-state index in [9.17, 15) is 4.79 Å². The molecule has 0 aromatic rings. The summed E-state index contributed by atoms with van der Waals surface area (Å²) in [7, 11) is -1.84. The Morgan fingerprint density at radius 3 is 2.33 bits per heavy atom. The van der Waals surface area contributed by atoms with Gasteiger partial charge in [-0.2, -0.15) is 4.79 Å². The molecule has 0 amide bonds. The van der Waals surface area contributed by atoms with Crippen molar-refractivity contribution in [2.45, 2.75) is 0 Å². The quantitative estimate of drug-likeness (QED) is 0.507. The second-order valence-corrected chi connectivity index (χ2v) is 3.38. The summed E-state index contributed by atoms with van der Waals surface area (Å²) in [6.45, 7) is 0. The van der Waals surface area contributed by atoms with E-state index in [1.54, 1.807) is 0 Å². The van der Waals surface area contributed by atoms with Gasteiger partial charge in [0.2, 0.25) is 0 Å². The minimum atomic E-state index is -1.84. The summed E-state index contributed by atoms with van der Waals surface area (Å²) >= 11 is 0. The zero-order valence-corrected chi connectivity index (χ0v) is 5.00. The van der Waals surface area contributed by atoms with Crippen molar-refractivity contribution in [2.75, 3.05) is 0 Å². The molecule has 1 spiro atoms. The van der Waals surface area contributed by atoms with Crippen molar-refractivity contribution in [2.24, 2.45) is 10.2 Å². The lowest BCUT2D eigenvalue weighted by Gasteiger charge is -2.37. The number of rotatable bonds is 0. The fourth-order valence-electron chi connectivity index (χ4n) is 0.518. The van der Waals surface area contributed by atoms with Crippen LogP contribution >= 0.6 is 10.6 Å². The maximum atomic E-state index is 10.1. The second-order valence-electron chi connectivity index (χ2n) is 1.45. The Hall–Kier alpha value is -1.04. The standard InChI is InChI=1S/C3H2N2O3S/c6-3-7-9(8-3)1-4-5-2-9/h1-2H. The van der Waals surface area contributed by atoms with Crippen LogP contribution in [0, 0.1) is 0 Å². The molecule has 0 aromatic carbocycles. The van der Waals surface area contributed by atoms with Crippen LogP contribution in [0.2, 0.25) is 0 Å². The first kappa shape index (κ1) is 4.80. The molecule has 6 heteroatoms. The highest BCUT2D eigenvalue weighted by atomic mass is 32.3. The Morgan fingerprint density at radius 2 is 1.89 bits per heavy atom. The van der Waals surface area contributed by atoms with E-state index in [2.05, 4.69) is 18.6 Å². The van der Waals surface area contributed by atoms with E-state index in [-0.39, 0.29) is 0 Å². The first-order valence-electron chi connectivity index (χ1n) is 2.13. The summed E-state index contributed by atoms with van der Waals surface area (Å²) in [6.07, 6.45) is -0.648. The Kier molecular flexibility index (Phi) is 0.677. The van der Waals surface area contributed by atoms with Crippen LogP contribution in [-0.4, -0.2) is 17.2 Å². The van der Waals surface area contributed by atoms with Gasteiger partial charge in [-0.15, -0.1) is 10.2 Å². The average molecular weight is 146 g/mol. The number of hydrogen-bond donors (Lipinski definition) is 0. The molecule has 9 heavy (non-hydrogen) atoms. The molecule has 2 rings (SSSR count). The van der Waals surface area contributed by atoms with E-state index in [4.69, 9.17) is 0 Å². The van der Waals surface area contributed by atoms with Crippen molar-refractivity contribution in [1.29, 1.82) is 0 Å². The summed E-state index contributed by atoms with van der Waals surface area (Å²) in [6, 6.07) is 0. The molecule has 0 saturated carbocycles. The average Bonchev–Trinajstić information content (AvgIpc) is 2.12. The molecular weight excluding hydrogens is 144 g/mol. The molecule has 0 aromatic heterocycles. The van der Waals surface area contributed by atoms with Crippen molar-refractivity contribution >= 4 is 27.8 Å². The van der Waals surface area contributed by atoms with E-state index in [1.807, 2.05) is 0 Å². The second kappa shape index (κ2) is 1.27. The Bertz CT molecular complexity index is 201. The fraction of sp³-hybridized carbons (Fsp3) is 0. The van der Waals surface area contributed by atoms with Crippen molar-refractivity contribution in [3.8, 4) is 0 Å². The lowest BCUT2D eigenvalue weighted by Crippen LogP contribution is -2.27. The molecule has 0 radical (unpaired) electrons. The fourth-order valence-corrected chi connectivity index (χ4v) is 1.55. The van der Waals surface area contributed by atoms with E-state index in [1.165, 1.54) is 11.1 Å². The molecule has 2 aliphatic rings. The largest absolute Gasteiger partial charge is 0.555 e. The third-order valence-corrected chi connectivity index (χ3v) is 2.42. The van der Waals surface area contributed by atoms with Gasteiger partial charge < -0.3 is 0 Å². The molecule has 2 heterocycles. The maximum Gasteiger partial charge on any atom is 0.555 e. The molecule has 48 valence electrons. The monoisotopic (exact) mass is 146 g/mol. The predicted molar refractivity (Wildman–Crippen MR) is 32.1 cm³/mol. The summed E-state index contributed by atoms with van der Waals surface area (Å²) < 4.78 is 9.22. The minimum absolute atomic E-state index is 0.648. The smallest absolute Gasteiger partial charge is 0.298 e. The van der Waals surface area contributed by atoms with Gasteiger partial charge in [-0.1, -0.05) is 0 Å². The maximum absolute atomic E-state index is 10.1. The van der Waals surface area contributed by atoms with Crippen molar-refractivity contribution < 1.29 is 13.2 Å². The van der Waals surface area contributed by atoms with E-state index >= 15 is 0 Å². The predicted octanol–water partition coefficient (Wildman–Crippen LogP) is 0.773. The number of hydrogen-bond acceptors (Lipinski definition) is 5. The molecule has 0 aliphatic carbocycles. The van der Waals surface area contributed by atoms with E-state index in [0.29, 0.717) is 0 Å². The summed E-state index contributed by atoms with van der Waals surface area (Å²) in [5, 5.41) is 6.94. The van der Waals surface area contributed by atoms with Crippen LogP contribution in [0.1, 0.15) is 0 Å². The van der Waals surface area contributed by atoms with Crippen LogP contribution in [-0.2, 0) is 8.37 Å². The van der Waals surface area contributed by atoms with E-state index in [0.717, 1.165) is 0 Å². The highest BCUT2D eigenvalue weighted by Crippen LogP contribution is 2.55. The summed E-state index contributed by atoms with van der Waals surface area (Å²) in [5.74, 6) is 0. The van der Waals surface area contributed by atoms with Gasteiger partial charge in [-0.05, 0) is 10.6 Å². The van der Waals surface area contributed by atoms with Crippen molar-refractivity contribution in [1.82, 2.24) is 0 Å². The van der Waals surface area contributed by atoms with Gasteiger partial charge in [0.1, 0.15) is 0 Å². The van der Waals surface area contributed by atoms with Crippen LogP contribution in [0.15, 0.2) is 10.2 Å². The topological polar surface area (TPSA) is 60.2 Å². The Balaban J connectivity index is 2.21. The molecule has 0 bridgehead atoms. The lowest BCUT2D eigenvalue weighted by atomic mass is 11.4. The van der Waals surface area contributed by atoms with E-state index < -0.39 is 16.7 Å². The van der Waals surface area contributed by atoms with Gasteiger partial charge in [0, 0.05) is 0 Å². The summed E-state index contributed by atoms with van der Waals surface area (Å²) in [4.78, 5) is 10.1. The third kappa shape index (κ3) is 0.531. The molecule has 2 aliphatic heterocycles. The van der Waals surface area contributed by atoms with Gasteiger partial charge in [0.15, 0.2) is 11.1 Å². The zero-order valence-electron chi connectivity index (χ0n) is 4.18. The number of carbonyl (C=O) groups is 1. The van der Waals surface area contributed by atoms with Crippen LogP contribution in [0.25, 0.3) is 0 Å². The van der Waals surface area contributed by atoms with Gasteiger partial charge in [0.05, 0.1) is 0 Å². The third-order valence-electron chi connectivity index (χ3n) is 0.851. The molecule has 1 fully saturated rings. The first-order chi connectivity index (χ1) is 4.31. The summed E-state index contributed by atoms with van der Waals surface area (Å²) in [5.41, 5.74) is 2.79. The van der Waals surface area contributed by atoms with Gasteiger partial charge in [0.25, 0.3) is 0 Å². The lowest BCUT2D eigenvalue weighted by molar-refractivity contribution is 0.129. The first-order valence-corrected chi connectivity index (χ1v) is 3.74. The van der Waals surface area contributed by atoms with Gasteiger partial charge >= 0.3 is 6.16 Å². The molecule has 1 saturated heterocycles. The van der Waals surface area contributed by atoms with Crippen molar-refractivity contribution in [3.05, 3.63) is 0 Å². The van der Waals surface area contributed by atoms with Crippen LogP contribution < -0.4 is 0 Å². The van der Waals surface area contributed by atoms with Gasteiger partial charge in [-0.25, -0.2) is 0 Å². The highest BCUT2D eigenvalue weighted by molar-refractivity contribution is 8.48.